The summed E-state index contributed by atoms with van der Waals surface area (Å²) in [6.07, 6.45) is 0.535. The van der Waals surface area contributed by atoms with E-state index in [9.17, 15) is 21.6 Å². The lowest BCUT2D eigenvalue weighted by Gasteiger charge is -2.09. The van der Waals surface area contributed by atoms with Crippen LogP contribution in [0.2, 0.25) is 5.02 Å². The molecule has 0 saturated carbocycles. The molecule has 112 valence electrons. The van der Waals surface area contributed by atoms with Gasteiger partial charge in [0.1, 0.15) is 4.90 Å². The van der Waals surface area contributed by atoms with Gasteiger partial charge in [-0.25, -0.2) is 21.6 Å². The van der Waals surface area contributed by atoms with Crippen LogP contribution in [0.3, 0.4) is 0 Å². The molecule has 0 spiro atoms. The highest BCUT2D eigenvalue weighted by atomic mass is 35.5. The van der Waals surface area contributed by atoms with Crippen LogP contribution in [0, 0.1) is 0 Å². The summed E-state index contributed by atoms with van der Waals surface area (Å²) < 4.78 is 48.7. The molecule has 1 aromatic rings. The Balaban J connectivity index is 3.15. The number of carbonyl (C=O) groups is 1. The standard InChI is InChI=1S/C10H12ClNO6S2/c1-19(15,16)7-2-3-8(11)9(6-7)20(17,18)12-5-4-10(13)14/h2-3,6,12H,4-5H2,1H3,(H,13,14). The topological polar surface area (TPSA) is 118 Å². The Morgan fingerprint density at radius 3 is 2.40 bits per heavy atom. The lowest BCUT2D eigenvalue weighted by molar-refractivity contribution is -0.136. The van der Waals surface area contributed by atoms with E-state index >= 15 is 0 Å². The molecule has 0 saturated heterocycles. The summed E-state index contributed by atoms with van der Waals surface area (Å²) in [5, 5.41) is 8.29. The summed E-state index contributed by atoms with van der Waals surface area (Å²) in [4.78, 5) is 9.73. The summed E-state index contributed by atoms with van der Waals surface area (Å²) in [6, 6.07) is 3.28. The number of nitrogens with one attached hydrogen (secondary N) is 1. The minimum Gasteiger partial charge on any atom is -0.481 e. The van der Waals surface area contributed by atoms with Gasteiger partial charge in [-0.05, 0) is 18.2 Å². The first-order chi connectivity index (χ1) is 9.04. The van der Waals surface area contributed by atoms with Gasteiger partial charge in [-0.3, -0.25) is 4.79 Å². The molecule has 1 rings (SSSR count). The maximum absolute atomic E-state index is 11.9. The summed E-state index contributed by atoms with van der Waals surface area (Å²) in [6.45, 7) is -0.322. The average molecular weight is 342 g/mol. The highest BCUT2D eigenvalue weighted by Crippen LogP contribution is 2.24. The van der Waals surface area contributed by atoms with Gasteiger partial charge in [0.15, 0.2) is 9.84 Å². The quantitative estimate of drug-likeness (QED) is 0.777. The molecule has 0 aliphatic carbocycles. The molecule has 0 unspecified atom stereocenters. The molecule has 0 aliphatic rings. The number of sulfonamides is 1. The van der Waals surface area contributed by atoms with Gasteiger partial charge >= 0.3 is 5.97 Å². The minimum absolute atomic E-state index is 0.153. The Bertz CT molecular complexity index is 726. The molecule has 0 radical (unpaired) electrons. The van der Waals surface area contributed by atoms with Crippen molar-refractivity contribution in [3.8, 4) is 0 Å². The van der Waals surface area contributed by atoms with Gasteiger partial charge in [0, 0.05) is 12.8 Å². The Hall–Kier alpha value is -1.16. The fourth-order valence-corrected chi connectivity index (χ4v) is 3.57. The van der Waals surface area contributed by atoms with Gasteiger partial charge in [0.05, 0.1) is 16.3 Å². The van der Waals surface area contributed by atoms with E-state index in [1.54, 1.807) is 0 Å². The molecule has 10 heteroatoms. The predicted molar refractivity (Wildman–Crippen MR) is 72.0 cm³/mol. The van der Waals surface area contributed by atoms with E-state index in [1.807, 2.05) is 4.72 Å². The number of carboxylic acid groups (broad SMARTS) is 1. The van der Waals surface area contributed by atoms with Crippen LogP contribution in [0.4, 0.5) is 0 Å². The van der Waals surface area contributed by atoms with Gasteiger partial charge < -0.3 is 5.11 Å². The number of carboxylic acids is 1. The first-order valence-corrected chi connectivity index (χ1v) is 9.00. The van der Waals surface area contributed by atoms with Crippen molar-refractivity contribution < 1.29 is 26.7 Å². The van der Waals surface area contributed by atoms with E-state index in [2.05, 4.69) is 0 Å². The van der Waals surface area contributed by atoms with Crippen molar-refractivity contribution in [1.82, 2.24) is 4.72 Å². The number of aliphatic carboxylic acids is 1. The largest absolute Gasteiger partial charge is 0.481 e. The minimum atomic E-state index is -4.08. The molecular formula is C10H12ClNO6S2. The van der Waals surface area contributed by atoms with Gasteiger partial charge in [-0.2, -0.15) is 0 Å². The van der Waals surface area contributed by atoms with Gasteiger partial charge in [-0.1, -0.05) is 11.6 Å². The first kappa shape index (κ1) is 16.9. The fourth-order valence-electron chi connectivity index (χ4n) is 1.29. The first-order valence-electron chi connectivity index (χ1n) is 5.25. The second kappa shape index (κ2) is 6.08. The summed E-state index contributed by atoms with van der Waals surface area (Å²) in [7, 11) is -7.66. The number of benzene rings is 1. The third kappa shape index (κ3) is 4.44. The van der Waals surface area contributed by atoms with E-state index in [0.29, 0.717) is 0 Å². The molecule has 0 fully saturated rings. The monoisotopic (exact) mass is 341 g/mol. The van der Waals surface area contributed by atoms with Crippen molar-refractivity contribution in [1.29, 1.82) is 0 Å². The molecule has 0 aromatic heterocycles. The van der Waals surface area contributed by atoms with E-state index < -0.39 is 37.1 Å². The molecule has 20 heavy (non-hydrogen) atoms. The van der Waals surface area contributed by atoms with Crippen LogP contribution in [0.1, 0.15) is 6.42 Å². The van der Waals surface area contributed by atoms with Crippen molar-refractivity contribution in [3.63, 3.8) is 0 Å². The van der Waals surface area contributed by atoms with Crippen LogP contribution in [0.25, 0.3) is 0 Å². The highest BCUT2D eigenvalue weighted by Gasteiger charge is 2.20. The number of hydrogen-bond acceptors (Lipinski definition) is 5. The van der Waals surface area contributed by atoms with E-state index in [1.165, 1.54) is 6.07 Å². The molecule has 0 bridgehead atoms. The van der Waals surface area contributed by atoms with Crippen molar-refractivity contribution >= 4 is 37.4 Å². The summed E-state index contributed by atoms with van der Waals surface area (Å²) >= 11 is 5.74. The fraction of sp³-hybridized carbons (Fsp3) is 0.300. The maximum Gasteiger partial charge on any atom is 0.304 e. The third-order valence-corrected chi connectivity index (χ3v) is 5.30. The SMILES string of the molecule is CS(=O)(=O)c1ccc(Cl)c(S(=O)(=O)NCCC(=O)O)c1. The molecule has 0 amide bonds. The predicted octanol–water partition coefficient (Wildman–Crippen LogP) is 0.496. The van der Waals surface area contributed by atoms with E-state index in [-0.39, 0.29) is 16.5 Å². The molecule has 2 N–H and O–H groups in total. The second-order valence-electron chi connectivity index (χ2n) is 3.91. The molecule has 0 atom stereocenters. The van der Waals surface area contributed by atoms with E-state index in [0.717, 1.165) is 18.4 Å². The van der Waals surface area contributed by atoms with Crippen molar-refractivity contribution in [2.45, 2.75) is 16.2 Å². The van der Waals surface area contributed by atoms with Crippen LogP contribution < -0.4 is 4.72 Å². The zero-order valence-electron chi connectivity index (χ0n) is 10.3. The lowest BCUT2D eigenvalue weighted by Crippen LogP contribution is -2.26. The van der Waals surface area contributed by atoms with Crippen LogP contribution in [0.5, 0.6) is 0 Å². The molecule has 1 aromatic carbocycles. The van der Waals surface area contributed by atoms with Gasteiger partial charge in [-0.15, -0.1) is 0 Å². The number of sulfone groups is 1. The number of halogens is 1. The molecular weight excluding hydrogens is 330 g/mol. The van der Waals surface area contributed by atoms with Crippen molar-refractivity contribution in [3.05, 3.63) is 23.2 Å². The van der Waals surface area contributed by atoms with Crippen molar-refractivity contribution in [2.24, 2.45) is 0 Å². The Morgan fingerprint density at radius 2 is 1.90 bits per heavy atom. The smallest absolute Gasteiger partial charge is 0.304 e. The zero-order valence-corrected chi connectivity index (χ0v) is 12.7. The molecule has 0 heterocycles. The van der Waals surface area contributed by atoms with E-state index in [4.69, 9.17) is 16.7 Å². The second-order valence-corrected chi connectivity index (χ2v) is 8.06. The van der Waals surface area contributed by atoms with Crippen molar-refractivity contribution in [2.75, 3.05) is 12.8 Å². The summed E-state index contributed by atoms with van der Waals surface area (Å²) in [5.74, 6) is -1.16. The van der Waals surface area contributed by atoms with Crippen LogP contribution in [-0.4, -0.2) is 40.7 Å². The van der Waals surface area contributed by atoms with Gasteiger partial charge in [0.25, 0.3) is 0 Å². The van der Waals surface area contributed by atoms with Crippen LogP contribution in [-0.2, 0) is 24.7 Å². The number of hydrogen-bond donors (Lipinski definition) is 2. The Kier molecular flexibility index (Phi) is 5.14. The maximum atomic E-state index is 11.9. The van der Waals surface area contributed by atoms with Crippen LogP contribution in [0.15, 0.2) is 28.0 Å². The van der Waals surface area contributed by atoms with Crippen LogP contribution >= 0.6 is 11.6 Å². The molecule has 0 aliphatic heterocycles. The average Bonchev–Trinajstić information content (AvgIpc) is 2.26. The third-order valence-electron chi connectivity index (χ3n) is 2.25. The lowest BCUT2D eigenvalue weighted by atomic mass is 10.4. The summed E-state index contributed by atoms with van der Waals surface area (Å²) in [5.41, 5.74) is 0. The highest BCUT2D eigenvalue weighted by molar-refractivity contribution is 7.91. The number of rotatable bonds is 6. The van der Waals surface area contributed by atoms with Gasteiger partial charge in [0.2, 0.25) is 10.0 Å². The molecule has 7 nitrogen and oxygen atoms in total. The normalized spacial score (nSPS) is 12.3. The Labute approximate surface area is 121 Å². The zero-order chi connectivity index (χ0) is 15.6. The Morgan fingerprint density at radius 1 is 1.30 bits per heavy atom.